The van der Waals surface area contributed by atoms with Gasteiger partial charge in [-0.25, -0.2) is 4.98 Å². The van der Waals surface area contributed by atoms with E-state index in [0.29, 0.717) is 13.1 Å². The minimum Gasteiger partial charge on any atom is -0.350 e. The van der Waals surface area contributed by atoms with Crippen molar-refractivity contribution in [1.82, 2.24) is 15.3 Å². The molecule has 3 aromatic rings. The quantitative estimate of drug-likeness (QED) is 0.659. The zero-order valence-corrected chi connectivity index (χ0v) is 17.9. The number of nitrogens with zero attached hydrogens (tertiary/aromatic N) is 3. The highest BCUT2D eigenvalue weighted by atomic mass is 32.1. The summed E-state index contributed by atoms with van der Waals surface area (Å²) in [5, 5.41) is 5.80. The van der Waals surface area contributed by atoms with Gasteiger partial charge in [0.05, 0.1) is 18.2 Å². The molecule has 1 aromatic carbocycles. The molecule has 1 unspecified atom stereocenters. The molecule has 6 nitrogen and oxygen atoms in total. The van der Waals surface area contributed by atoms with Crippen molar-refractivity contribution in [2.75, 3.05) is 11.4 Å². The van der Waals surface area contributed by atoms with Crippen LogP contribution in [0.25, 0.3) is 10.6 Å². The highest BCUT2D eigenvalue weighted by molar-refractivity contribution is 7.13. The number of para-hydroxylation sites is 1. The number of nitrogens with one attached hydrogen (secondary N) is 1. The monoisotopic (exact) mass is 420 g/mol. The molecule has 0 saturated carbocycles. The predicted molar refractivity (Wildman–Crippen MR) is 118 cm³/mol. The molecule has 1 saturated heterocycles. The smallest absolute Gasteiger partial charge is 0.227 e. The molecule has 1 aliphatic heterocycles. The minimum atomic E-state index is -0.347. The van der Waals surface area contributed by atoms with Crippen molar-refractivity contribution in [2.24, 2.45) is 5.92 Å². The van der Waals surface area contributed by atoms with Crippen molar-refractivity contribution in [1.29, 1.82) is 0 Å². The van der Waals surface area contributed by atoms with Gasteiger partial charge < -0.3 is 10.2 Å². The van der Waals surface area contributed by atoms with E-state index in [-0.39, 0.29) is 24.2 Å². The fourth-order valence-corrected chi connectivity index (χ4v) is 4.65. The number of benzene rings is 1. The van der Waals surface area contributed by atoms with Gasteiger partial charge in [-0.15, -0.1) is 11.3 Å². The number of pyridine rings is 1. The summed E-state index contributed by atoms with van der Waals surface area (Å²) in [6.45, 7) is 4.87. The summed E-state index contributed by atoms with van der Waals surface area (Å²) < 4.78 is 0. The Labute approximate surface area is 180 Å². The number of carbonyl (C=O) groups is 2. The van der Waals surface area contributed by atoms with Crippen molar-refractivity contribution in [3.63, 3.8) is 0 Å². The van der Waals surface area contributed by atoms with E-state index in [1.807, 2.05) is 42.6 Å². The van der Waals surface area contributed by atoms with Gasteiger partial charge in [-0.2, -0.15) is 0 Å². The number of hydrogen-bond donors (Lipinski definition) is 1. The van der Waals surface area contributed by atoms with Crippen LogP contribution in [-0.2, 0) is 22.6 Å². The second kappa shape index (κ2) is 8.75. The van der Waals surface area contributed by atoms with Gasteiger partial charge in [0.15, 0.2) is 0 Å². The van der Waals surface area contributed by atoms with Gasteiger partial charge in [-0.05, 0) is 36.6 Å². The van der Waals surface area contributed by atoms with E-state index < -0.39 is 0 Å². The lowest BCUT2D eigenvalue weighted by Crippen LogP contribution is -2.33. The Bertz CT molecular complexity index is 1060. The van der Waals surface area contributed by atoms with E-state index in [1.54, 1.807) is 17.3 Å². The minimum absolute atomic E-state index is 0.00721. The number of hydrogen-bond acceptors (Lipinski definition) is 5. The van der Waals surface area contributed by atoms with Gasteiger partial charge in [-0.1, -0.05) is 25.1 Å². The molecular weight excluding hydrogens is 396 g/mol. The van der Waals surface area contributed by atoms with Crippen LogP contribution in [0.15, 0.2) is 48.1 Å². The summed E-state index contributed by atoms with van der Waals surface area (Å²) in [6.07, 6.45) is 4.56. The van der Waals surface area contributed by atoms with Gasteiger partial charge in [0.1, 0.15) is 5.01 Å². The fraction of sp³-hybridized carbons (Fsp3) is 0.304. The SMILES string of the molecule is CCc1cccc(C)c1N1CC(C(=O)NCc2csc(-c3ccncc3)n2)CC1=O. The standard InChI is InChI=1S/C23H24N4O2S/c1-3-16-6-4-5-15(2)21(16)27-13-18(11-20(27)28)22(29)25-12-19-14-30-23(26-19)17-7-9-24-10-8-17/h4-10,14,18H,3,11-13H2,1-2H3,(H,25,29). The van der Waals surface area contributed by atoms with Crippen LogP contribution in [0.3, 0.4) is 0 Å². The Morgan fingerprint density at radius 1 is 1.27 bits per heavy atom. The molecule has 0 radical (unpaired) electrons. The normalized spacial score (nSPS) is 16.1. The molecule has 1 N–H and O–H groups in total. The maximum atomic E-state index is 12.7. The van der Waals surface area contributed by atoms with Crippen molar-refractivity contribution >= 4 is 28.8 Å². The third kappa shape index (κ3) is 4.11. The molecule has 30 heavy (non-hydrogen) atoms. The Hall–Kier alpha value is -3.06. The van der Waals surface area contributed by atoms with Crippen molar-refractivity contribution in [3.8, 4) is 10.6 Å². The van der Waals surface area contributed by atoms with Crippen LogP contribution < -0.4 is 10.2 Å². The summed E-state index contributed by atoms with van der Waals surface area (Å²) in [7, 11) is 0. The highest BCUT2D eigenvalue weighted by Crippen LogP contribution is 2.31. The van der Waals surface area contributed by atoms with Crippen LogP contribution in [0.4, 0.5) is 5.69 Å². The molecule has 0 spiro atoms. The average Bonchev–Trinajstić information content (AvgIpc) is 3.39. The summed E-state index contributed by atoms with van der Waals surface area (Å²) in [5.74, 6) is -0.441. The van der Waals surface area contributed by atoms with Crippen LogP contribution in [-0.4, -0.2) is 28.3 Å². The molecule has 1 fully saturated rings. The van der Waals surface area contributed by atoms with E-state index in [4.69, 9.17) is 0 Å². The summed E-state index contributed by atoms with van der Waals surface area (Å²) >= 11 is 1.54. The van der Waals surface area contributed by atoms with E-state index in [1.165, 1.54) is 11.3 Å². The van der Waals surface area contributed by atoms with Crippen LogP contribution in [0.1, 0.15) is 30.2 Å². The summed E-state index contributed by atoms with van der Waals surface area (Å²) in [4.78, 5) is 35.8. The molecule has 7 heteroatoms. The van der Waals surface area contributed by atoms with E-state index >= 15 is 0 Å². The third-order valence-electron chi connectivity index (χ3n) is 5.39. The van der Waals surface area contributed by atoms with Gasteiger partial charge in [0, 0.05) is 42.0 Å². The Morgan fingerprint density at radius 2 is 2.07 bits per heavy atom. The van der Waals surface area contributed by atoms with Crippen LogP contribution in [0, 0.1) is 12.8 Å². The largest absolute Gasteiger partial charge is 0.350 e. The van der Waals surface area contributed by atoms with Gasteiger partial charge in [0.2, 0.25) is 11.8 Å². The van der Waals surface area contributed by atoms with Gasteiger partial charge in [0.25, 0.3) is 0 Å². The molecule has 4 rings (SSSR count). The summed E-state index contributed by atoms with van der Waals surface area (Å²) in [5.41, 5.74) is 4.98. The van der Waals surface area contributed by atoms with Crippen molar-refractivity contribution in [2.45, 2.75) is 33.2 Å². The number of rotatable bonds is 6. The second-order valence-electron chi connectivity index (χ2n) is 7.44. The van der Waals surface area contributed by atoms with E-state index in [2.05, 4.69) is 22.2 Å². The van der Waals surface area contributed by atoms with Crippen molar-refractivity contribution < 1.29 is 9.59 Å². The maximum Gasteiger partial charge on any atom is 0.227 e. The zero-order valence-electron chi connectivity index (χ0n) is 17.1. The molecule has 2 amide bonds. The van der Waals surface area contributed by atoms with Crippen LogP contribution in [0.5, 0.6) is 0 Å². The summed E-state index contributed by atoms with van der Waals surface area (Å²) in [6, 6.07) is 9.89. The van der Waals surface area contributed by atoms with Gasteiger partial charge >= 0.3 is 0 Å². The fourth-order valence-electron chi connectivity index (χ4n) is 3.83. The number of aryl methyl sites for hydroxylation is 2. The number of carbonyl (C=O) groups excluding carboxylic acids is 2. The lowest BCUT2D eigenvalue weighted by molar-refractivity contribution is -0.126. The predicted octanol–water partition coefficient (Wildman–Crippen LogP) is 3.75. The molecule has 1 atom stereocenters. The first-order chi connectivity index (χ1) is 14.6. The van der Waals surface area contributed by atoms with E-state index in [9.17, 15) is 9.59 Å². The molecule has 2 aromatic heterocycles. The highest BCUT2D eigenvalue weighted by Gasteiger charge is 2.36. The Kier molecular flexibility index (Phi) is 5.90. The topological polar surface area (TPSA) is 75.2 Å². The molecule has 1 aliphatic rings. The number of amides is 2. The Balaban J connectivity index is 1.40. The molecule has 0 aliphatic carbocycles. The molecule has 0 bridgehead atoms. The third-order valence-corrected chi connectivity index (χ3v) is 6.33. The number of anilines is 1. The second-order valence-corrected chi connectivity index (χ2v) is 8.30. The maximum absolute atomic E-state index is 12.7. The number of thiazole rings is 1. The number of aromatic nitrogens is 2. The molecular formula is C23H24N4O2S. The lowest BCUT2D eigenvalue weighted by Gasteiger charge is -2.22. The molecule has 154 valence electrons. The first-order valence-electron chi connectivity index (χ1n) is 10.1. The van der Waals surface area contributed by atoms with Gasteiger partial charge in [-0.3, -0.25) is 14.6 Å². The first kappa shape index (κ1) is 20.2. The van der Waals surface area contributed by atoms with Crippen LogP contribution in [0.2, 0.25) is 0 Å². The molecule has 3 heterocycles. The van der Waals surface area contributed by atoms with E-state index in [0.717, 1.165) is 39.5 Å². The average molecular weight is 421 g/mol. The zero-order chi connectivity index (χ0) is 21.1. The van der Waals surface area contributed by atoms with Crippen LogP contribution >= 0.6 is 11.3 Å². The van der Waals surface area contributed by atoms with Crippen molar-refractivity contribution in [3.05, 3.63) is 64.9 Å². The lowest BCUT2D eigenvalue weighted by atomic mass is 10.0. The first-order valence-corrected chi connectivity index (χ1v) is 11.0. The Morgan fingerprint density at radius 3 is 2.83 bits per heavy atom.